The Bertz CT molecular complexity index is 650. The first kappa shape index (κ1) is 15.1. The van der Waals surface area contributed by atoms with E-state index in [1.54, 1.807) is 0 Å². The molecule has 2 heterocycles. The van der Waals surface area contributed by atoms with Gasteiger partial charge in [-0.1, -0.05) is 30.7 Å². The molecule has 1 aromatic carbocycles. The lowest BCUT2D eigenvalue weighted by Crippen LogP contribution is -2.43. The van der Waals surface area contributed by atoms with Gasteiger partial charge in [0, 0.05) is 23.2 Å². The predicted molar refractivity (Wildman–Crippen MR) is 88.0 cm³/mol. The van der Waals surface area contributed by atoms with Crippen LogP contribution in [0.15, 0.2) is 30.3 Å². The fraction of sp³-hybridized carbons (Fsp3) is 0.412. The van der Waals surface area contributed by atoms with E-state index in [0.717, 1.165) is 37.1 Å². The van der Waals surface area contributed by atoms with Crippen molar-refractivity contribution < 1.29 is 4.79 Å². The summed E-state index contributed by atoms with van der Waals surface area (Å²) in [6, 6.07) is 9.64. The minimum atomic E-state index is 0.0549. The number of carbonyl (C=O) groups is 1. The Labute approximate surface area is 135 Å². The lowest BCUT2D eigenvalue weighted by molar-refractivity contribution is 0.0602. The topological polar surface area (TPSA) is 49.0 Å². The molecule has 0 saturated carbocycles. The van der Waals surface area contributed by atoms with Crippen molar-refractivity contribution in [3.63, 3.8) is 0 Å². The number of likely N-dealkylation sites (tertiary alicyclic amines) is 1. The lowest BCUT2D eigenvalue weighted by Gasteiger charge is -2.34. The summed E-state index contributed by atoms with van der Waals surface area (Å²) in [5, 5.41) is 7.84. The standard InChI is InChI=1S/C17H20ClN3O/c1-2-14-5-3-4-10-21(14)17(22)16-11-15(19-20-16)12-6-8-13(18)9-7-12/h6-9,11,14H,2-5,10H2,1H3,(H,19,20)/t14-/m0/s1. The molecule has 5 heteroatoms. The van der Waals surface area contributed by atoms with Gasteiger partial charge in [-0.2, -0.15) is 5.10 Å². The van der Waals surface area contributed by atoms with E-state index in [1.807, 2.05) is 35.2 Å². The third kappa shape index (κ3) is 3.02. The molecule has 1 aliphatic rings. The number of piperidine rings is 1. The highest BCUT2D eigenvalue weighted by molar-refractivity contribution is 6.30. The van der Waals surface area contributed by atoms with Crippen LogP contribution in [0, 0.1) is 0 Å². The molecule has 0 bridgehead atoms. The Balaban J connectivity index is 1.80. The number of rotatable bonds is 3. The molecule has 0 unspecified atom stereocenters. The van der Waals surface area contributed by atoms with Crippen LogP contribution in [0.5, 0.6) is 0 Å². The number of carbonyl (C=O) groups excluding carboxylic acids is 1. The van der Waals surface area contributed by atoms with E-state index in [4.69, 9.17) is 11.6 Å². The zero-order valence-corrected chi connectivity index (χ0v) is 13.4. The van der Waals surface area contributed by atoms with Gasteiger partial charge in [0.1, 0.15) is 5.69 Å². The molecule has 1 N–H and O–H groups in total. The van der Waals surface area contributed by atoms with Crippen molar-refractivity contribution in [1.29, 1.82) is 0 Å². The molecule has 22 heavy (non-hydrogen) atoms. The van der Waals surface area contributed by atoms with Crippen molar-refractivity contribution >= 4 is 17.5 Å². The maximum Gasteiger partial charge on any atom is 0.272 e. The summed E-state index contributed by atoms with van der Waals surface area (Å²) in [6.07, 6.45) is 4.39. The van der Waals surface area contributed by atoms with E-state index < -0.39 is 0 Å². The first-order chi connectivity index (χ1) is 10.7. The molecule has 3 rings (SSSR count). The average Bonchev–Trinajstić information content (AvgIpc) is 3.05. The number of H-pyrrole nitrogens is 1. The van der Waals surface area contributed by atoms with Crippen molar-refractivity contribution in [2.45, 2.75) is 38.6 Å². The number of hydrogen-bond donors (Lipinski definition) is 1. The smallest absolute Gasteiger partial charge is 0.272 e. The maximum atomic E-state index is 12.7. The zero-order chi connectivity index (χ0) is 15.5. The number of amides is 1. The summed E-state index contributed by atoms with van der Waals surface area (Å²) in [5.74, 6) is 0.0549. The van der Waals surface area contributed by atoms with Crippen LogP contribution >= 0.6 is 11.6 Å². The Hall–Kier alpha value is -1.81. The van der Waals surface area contributed by atoms with Gasteiger partial charge in [0.2, 0.25) is 0 Å². The van der Waals surface area contributed by atoms with Crippen LogP contribution in [-0.4, -0.2) is 33.6 Å². The molecule has 1 aliphatic heterocycles. The van der Waals surface area contributed by atoms with Gasteiger partial charge in [0.25, 0.3) is 5.91 Å². The second-order valence-corrected chi connectivity index (χ2v) is 6.17. The van der Waals surface area contributed by atoms with Crippen LogP contribution in [-0.2, 0) is 0 Å². The lowest BCUT2D eigenvalue weighted by atomic mass is 9.99. The Morgan fingerprint density at radius 3 is 2.86 bits per heavy atom. The molecule has 1 aromatic heterocycles. The second kappa shape index (κ2) is 6.53. The highest BCUT2D eigenvalue weighted by Gasteiger charge is 2.27. The van der Waals surface area contributed by atoms with Crippen LogP contribution in [0.25, 0.3) is 11.3 Å². The van der Waals surface area contributed by atoms with E-state index in [9.17, 15) is 4.79 Å². The van der Waals surface area contributed by atoms with E-state index in [0.29, 0.717) is 16.8 Å². The van der Waals surface area contributed by atoms with E-state index in [-0.39, 0.29) is 5.91 Å². The number of aromatic nitrogens is 2. The summed E-state index contributed by atoms with van der Waals surface area (Å²) in [7, 11) is 0. The molecular formula is C17H20ClN3O. The SMILES string of the molecule is CC[C@H]1CCCCN1C(=O)c1cc(-c2ccc(Cl)cc2)n[nH]1. The van der Waals surface area contributed by atoms with Crippen LogP contribution in [0.4, 0.5) is 0 Å². The molecule has 0 aliphatic carbocycles. The van der Waals surface area contributed by atoms with Gasteiger partial charge in [0.15, 0.2) is 0 Å². The highest BCUT2D eigenvalue weighted by atomic mass is 35.5. The van der Waals surface area contributed by atoms with Crippen molar-refractivity contribution in [2.24, 2.45) is 0 Å². The van der Waals surface area contributed by atoms with Gasteiger partial charge in [-0.15, -0.1) is 0 Å². The molecule has 0 spiro atoms. The second-order valence-electron chi connectivity index (χ2n) is 5.73. The van der Waals surface area contributed by atoms with E-state index >= 15 is 0 Å². The third-order valence-corrected chi connectivity index (χ3v) is 4.56. The molecule has 2 aromatic rings. The van der Waals surface area contributed by atoms with Gasteiger partial charge >= 0.3 is 0 Å². The molecule has 1 saturated heterocycles. The van der Waals surface area contributed by atoms with Crippen LogP contribution in [0.3, 0.4) is 0 Å². The predicted octanol–water partition coefficient (Wildman–Crippen LogP) is 4.13. The number of hydrogen-bond acceptors (Lipinski definition) is 2. The summed E-state index contributed by atoms with van der Waals surface area (Å²) in [4.78, 5) is 14.7. The highest BCUT2D eigenvalue weighted by Crippen LogP contribution is 2.24. The van der Waals surface area contributed by atoms with Crippen molar-refractivity contribution in [3.05, 3.63) is 41.0 Å². The molecule has 1 amide bonds. The maximum absolute atomic E-state index is 12.7. The van der Waals surface area contributed by atoms with Crippen molar-refractivity contribution in [1.82, 2.24) is 15.1 Å². The van der Waals surface area contributed by atoms with Gasteiger partial charge < -0.3 is 4.90 Å². The van der Waals surface area contributed by atoms with Gasteiger partial charge in [-0.25, -0.2) is 0 Å². The largest absolute Gasteiger partial charge is 0.334 e. The quantitative estimate of drug-likeness (QED) is 0.925. The number of nitrogens with zero attached hydrogens (tertiary/aromatic N) is 2. The van der Waals surface area contributed by atoms with Crippen molar-refractivity contribution in [3.8, 4) is 11.3 Å². The van der Waals surface area contributed by atoms with E-state index in [1.165, 1.54) is 6.42 Å². The minimum absolute atomic E-state index is 0.0549. The molecular weight excluding hydrogens is 298 g/mol. The van der Waals surface area contributed by atoms with E-state index in [2.05, 4.69) is 17.1 Å². The Morgan fingerprint density at radius 2 is 2.14 bits per heavy atom. The summed E-state index contributed by atoms with van der Waals surface area (Å²) < 4.78 is 0. The monoisotopic (exact) mass is 317 g/mol. The summed E-state index contributed by atoms with van der Waals surface area (Å²) in [5.41, 5.74) is 2.28. The normalized spacial score (nSPS) is 18.5. The van der Waals surface area contributed by atoms with Gasteiger partial charge in [-0.3, -0.25) is 9.89 Å². The van der Waals surface area contributed by atoms with Crippen LogP contribution in [0.1, 0.15) is 43.1 Å². The fourth-order valence-electron chi connectivity index (χ4n) is 3.05. The van der Waals surface area contributed by atoms with Crippen LogP contribution < -0.4 is 0 Å². The number of nitrogens with one attached hydrogen (secondary N) is 1. The first-order valence-corrected chi connectivity index (χ1v) is 8.19. The average molecular weight is 318 g/mol. The Morgan fingerprint density at radius 1 is 1.36 bits per heavy atom. The molecule has 4 nitrogen and oxygen atoms in total. The Kier molecular flexibility index (Phi) is 4.48. The zero-order valence-electron chi connectivity index (χ0n) is 12.7. The fourth-order valence-corrected chi connectivity index (χ4v) is 3.17. The molecule has 116 valence electrons. The third-order valence-electron chi connectivity index (χ3n) is 4.31. The number of halogens is 1. The molecule has 1 fully saturated rings. The summed E-state index contributed by atoms with van der Waals surface area (Å²) >= 11 is 5.90. The molecule has 0 radical (unpaired) electrons. The number of benzene rings is 1. The van der Waals surface area contributed by atoms with Gasteiger partial charge in [0.05, 0.1) is 5.69 Å². The first-order valence-electron chi connectivity index (χ1n) is 7.81. The number of aromatic amines is 1. The van der Waals surface area contributed by atoms with Gasteiger partial charge in [-0.05, 0) is 43.9 Å². The summed E-state index contributed by atoms with van der Waals surface area (Å²) in [6.45, 7) is 2.98. The van der Waals surface area contributed by atoms with Crippen LogP contribution in [0.2, 0.25) is 5.02 Å². The minimum Gasteiger partial charge on any atom is -0.334 e. The molecule has 1 atom stereocenters. The van der Waals surface area contributed by atoms with Crippen molar-refractivity contribution in [2.75, 3.05) is 6.54 Å².